The Bertz CT molecular complexity index is 365. The fourth-order valence-electron chi connectivity index (χ4n) is 1.29. The zero-order valence-electron chi connectivity index (χ0n) is 9.74. The molecule has 0 saturated heterocycles. The SMILES string of the molecule is CC(C)[C@H](N)C(=O)N(C)Cc1ccc(Br)s1. The molecule has 3 nitrogen and oxygen atoms in total. The molecule has 0 aliphatic heterocycles. The van der Waals surface area contributed by atoms with Crippen LogP contribution in [0.2, 0.25) is 0 Å². The molecule has 0 bridgehead atoms. The Balaban J connectivity index is 2.58. The number of rotatable bonds is 4. The number of likely N-dealkylation sites (N-methyl/N-ethyl adjacent to an activating group) is 1. The Hall–Kier alpha value is -0.390. The monoisotopic (exact) mass is 304 g/mol. The van der Waals surface area contributed by atoms with Gasteiger partial charge >= 0.3 is 0 Å². The molecule has 0 saturated carbocycles. The van der Waals surface area contributed by atoms with Crippen molar-refractivity contribution in [2.24, 2.45) is 11.7 Å². The predicted octanol–water partition coefficient (Wildman–Crippen LogP) is 2.45. The standard InChI is InChI=1S/C11H17BrN2OS/c1-7(2)10(13)11(15)14(3)6-8-4-5-9(12)16-8/h4-5,7,10H,6,13H2,1-3H3/t10-/m0/s1. The summed E-state index contributed by atoms with van der Waals surface area (Å²) in [6.45, 7) is 4.53. The summed E-state index contributed by atoms with van der Waals surface area (Å²) in [6.07, 6.45) is 0. The van der Waals surface area contributed by atoms with Crippen molar-refractivity contribution in [3.63, 3.8) is 0 Å². The molecular weight excluding hydrogens is 288 g/mol. The molecule has 0 aromatic carbocycles. The normalized spacial score (nSPS) is 12.9. The molecule has 0 unspecified atom stereocenters. The number of thiophene rings is 1. The van der Waals surface area contributed by atoms with Crippen LogP contribution in [0.4, 0.5) is 0 Å². The minimum Gasteiger partial charge on any atom is -0.339 e. The van der Waals surface area contributed by atoms with Gasteiger partial charge in [0.25, 0.3) is 0 Å². The average Bonchev–Trinajstić information content (AvgIpc) is 2.61. The van der Waals surface area contributed by atoms with Gasteiger partial charge in [0.1, 0.15) is 0 Å². The number of hydrogen-bond acceptors (Lipinski definition) is 3. The lowest BCUT2D eigenvalue weighted by Gasteiger charge is -2.22. The Morgan fingerprint density at radius 3 is 2.62 bits per heavy atom. The Morgan fingerprint density at radius 1 is 1.56 bits per heavy atom. The van der Waals surface area contributed by atoms with Crippen molar-refractivity contribution < 1.29 is 4.79 Å². The lowest BCUT2D eigenvalue weighted by atomic mass is 10.0. The summed E-state index contributed by atoms with van der Waals surface area (Å²) in [5.41, 5.74) is 5.82. The van der Waals surface area contributed by atoms with E-state index in [1.54, 1.807) is 23.3 Å². The highest BCUT2D eigenvalue weighted by Gasteiger charge is 2.21. The molecule has 0 aliphatic carbocycles. The lowest BCUT2D eigenvalue weighted by Crippen LogP contribution is -2.44. The number of nitrogens with zero attached hydrogens (tertiary/aromatic N) is 1. The van der Waals surface area contributed by atoms with Gasteiger partial charge in [0.2, 0.25) is 5.91 Å². The molecule has 1 heterocycles. The van der Waals surface area contributed by atoms with Gasteiger partial charge in [-0.1, -0.05) is 13.8 Å². The first-order valence-corrected chi connectivity index (χ1v) is 6.77. The third-order valence-corrected chi connectivity index (χ3v) is 4.01. The smallest absolute Gasteiger partial charge is 0.239 e. The maximum absolute atomic E-state index is 11.9. The molecule has 1 aromatic rings. The van der Waals surface area contributed by atoms with Crippen LogP contribution >= 0.6 is 27.3 Å². The number of hydrogen-bond donors (Lipinski definition) is 1. The van der Waals surface area contributed by atoms with Gasteiger partial charge < -0.3 is 10.6 Å². The van der Waals surface area contributed by atoms with E-state index >= 15 is 0 Å². The number of carbonyl (C=O) groups excluding carboxylic acids is 1. The van der Waals surface area contributed by atoms with E-state index in [1.807, 2.05) is 26.0 Å². The van der Waals surface area contributed by atoms with Gasteiger partial charge in [-0.25, -0.2) is 0 Å². The molecule has 0 radical (unpaired) electrons. The zero-order chi connectivity index (χ0) is 12.3. The summed E-state index contributed by atoms with van der Waals surface area (Å²) < 4.78 is 1.08. The van der Waals surface area contributed by atoms with E-state index < -0.39 is 6.04 Å². The average molecular weight is 305 g/mol. The highest BCUT2D eigenvalue weighted by molar-refractivity contribution is 9.11. The third-order valence-electron chi connectivity index (χ3n) is 2.40. The Morgan fingerprint density at radius 2 is 2.19 bits per heavy atom. The minimum atomic E-state index is -0.409. The molecule has 0 aliphatic rings. The van der Waals surface area contributed by atoms with Crippen molar-refractivity contribution in [3.05, 3.63) is 20.8 Å². The Kier molecular flexibility index (Phi) is 4.95. The first-order chi connectivity index (χ1) is 7.41. The maximum Gasteiger partial charge on any atom is 0.239 e. The predicted molar refractivity (Wildman–Crippen MR) is 71.3 cm³/mol. The van der Waals surface area contributed by atoms with E-state index in [0.29, 0.717) is 6.54 Å². The van der Waals surface area contributed by atoms with Gasteiger partial charge in [0, 0.05) is 11.9 Å². The van der Waals surface area contributed by atoms with Crippen molar-refractivity contribution in [2.45, 2.75) is 26.4 Å². The molecule has 1 atom stereocenters. The molecule has 1 rings (SSSR count). The number of nitrogens with two attached hydrogens (primary N) is 1. The van der Waals surface area contributed by atoms with Gasteiger partial charge in [-0.2, -0.15) is 0 Å². The highest BCUT2D eigenvalue weighted by Crippen LogP contribution is 2.23. The van der Waals surface area contributed by atoms with Gasteiger partial charge in [-0.15, -0.1) is 11.3 Å². The van der Waals surface area contributed by atoms with Gasteiger partial charge in [-0.3, -0.25) is 4.79 Å². The topological polar surface area (TPSA) is 46.3 Å². The van der Waals surface area contributed by atoms with Crippen LogP contribution in [-0.4, -0.2) is 23.9 Å². The number of amides is 1. The van der Waals surface area contributed by atoms with Crippen LogP contribution in [0.5, 0.6) is 0 Å². The van der Waals surface area contributed by atoms with Crippen LogP contribution in [0.3, 0.4) is 0 Å². The fourth-order valence-corrected chi connectivity index (χ4v) is 2.82. The van der Waals surface area contributed by atoms with Gasteiger partial charge in [0.05, 0.1) is 16.4 Å². The van der Waals surface area contributed by atoms with Crippen LogP contribution < -0.4 is 5.73 Å². The second-order valence-corrected chi connectivity index (χ2v) is 6.72. The summed E-state index contributed by atoms with van der Waals surface area (Å²) >= 11 is 5.04. The quantitative estimate of drug-likeness (QED) is 0.929. The summed E-state index contributed by atoms with van der Waals surface area (Å²) in [6, 6.07) is 3.59. The molecule has 90 valence electrons. The van der Waals surface area contributed by atoms with Crippen LogP contribution in [0.25, 0.3) is 0 Å². The Labute approximate surface area is 109 Å². The van der Waals surface area contributed by atoms with E-state index in [0.717, 1.165) is 8.66 Å². The highest BCUT2D eigenvalue weighted by atomic mass is 79.9. The zero-order valence-corrected chi connectivity index (χ0v) is 12.1. The molecule has 1 aromatic heterocycles. The minimum absolute atomic E-state index is 0.000442. The number of carbonyl (C=O) groups is 1. The number of halogens is 1. The second kappa shape index (κ2) is 5.80. The van der Waals surface area contributed by atoms with E-state index in [2.05, 4.69) is 15.9 Å². The van der Waals surface area contributed by atoms with E-state index in [-0.39, 0.29) is 11.8 Å². The first-order valence-electron chi connectivity index (χ1n) is 5.16. The van der Waals surface area contributed by atoms with E-state index in [9.17, 15) is 4.79 Å². The van der Waals surface area contributed by atoms with Crippen molar-refractivity contribution in [1.82, 2.24) is 4.90 Å². The summed E-state index contributed by atoms with van der Waals surface area (Å²) in [7, 11) is 1.79. The van der Waals surface area contributed by atoms with E-state index in [1.165, 1.54) is 0 Å². The van der Waals surface area contributed by atoms with Crippen molar-refractivity contribution in [3.8, 4) is 0 Å². The summed E-state index contributed by atoms with van der Waals surface area (Å²) in [4.78, 5) is 14.7. The van der Waals surface area contributed by atoms with Crippen molar-refractivity contribution in [2.75, 3.05) is 7.05 Å². The molecule has 2 N–H and O–H groups in total. The molecule has 0 fully saturated rings. The second-order valence-electron chi connectivity index (χ2n) is 4.17. The van der Waals surface area contributed by atoms with Crippen LogP contribution in [0.15, 0.2) is 15.9 Å². The third kappa shape index (κ3) is 3.57. The van der Waals surface area contributed by atoms with E-state index in [4.69, 9.17) is 5.73 Å². The van der Waals surface area contributed by atoms with Crippen LogP contribution in [0, 0.1) is 5.92 Å². The molecular formula is C11H17BrN2OS. The molecule has 16 heavy (non-hydrogen) atoms. The molecule has 1 amide bonds. The fraction of sp³-hybridized carbons (Fsp3) is 0.545. The summed E-state index contributed by atoms with van der Waals surface area (Å²) in [5, 5.41) is 0. The van der Waals surface area contributed by atoms with Crippen molar-refractivity contribution in [1.29, 1.82) is 0 Å². The maximum atomic E-state index is 11.9. The molecule has 5 heteroatoms. The summed E-state index contributed by atoms with van der Waals surface area (Å²) in [5.74, 6) is 0.171. The largest absolute Gasteiger partial charge is 0.339 e. The first kappa shape index (κ1) is 13.7. The van der Waals surface area contributed by atoms with Gasteiger partial charge in [-0.05, 0) is 34.0 Å². The van der Waals surface area contributed by atoms with Crippen LogP contribution in [-0.2, 0) is 11.3 Å². The van der Waals surface area contributed by atoms with Gasteiger partial charge in [0.15, 0.2) is 0 Å². The molecule has 0 spiro atoms. The lowest BCUT2D eigenvalue weighted by molar-refractivity contribution is -0.132. The van der Waals surface area contributed by atoms with Crippen LogP contribution in [0.1, 0.15) is 18.7 Å². The van der Waals surface area contributed by atoms with Crippen molar-refractivity contribution >= 4 is 33.2 Å².